The van der Waals surface area contributed by atoms with Gasteiger partial charge in [0, 0.05) is 5.69 Å². The van der Waals surface area contributed by atoms with Crippen LogP contribution in [0.2, 0.25) is 0 Å². The highest BCUT2D eigenvalue weighted by Gasteiger charge is 2.36. The number of sulfone groups is 1. The minimum atomic E-state index is -3.23. The molecule has 2 rings (SSSR count). The van der Waals surface area contributed by atoms with Crippen molar-refractivity contribution in [2.45, 2.75) is 57.0 Å². The molecule has 25 heavy (non-hydrogen) atoms. The Labute approximate surface area is 148 Å². The van der Waals surface area contributed by atoms with Crippen molar-refractivity contribution in [2.75, 3.05) is 5.32 Å². The van der Waals surface area contributed by atoms with Crippen LogP contribution in [0.25, 0.3) is 0 Å². The normalized spacial score (nSPS) is 16.4. The first kappa shape index (κ1) is 19.4. The zero-order valence-electron chi connectivity index (χ0n) is 14.6. The Balaban J connectivity index is 2.11. The van der Waals surface area contributed by atoms with Gasteiger partial charge in [-0.25, -0.2) is 8.42 Å². The number of carboxylic acids is 1. The lowest BCUT2D eigenvalue weighted by Crippen LogP contribution is -2.37. The van der Waals surface area contributed by atoms with Crippen molar-refractivity contribution in [3.8, 4) is 0 Å². The Morgan fingerprint density at radius 3 is 2.44 bits per heavy atom. The fraction of sp³-hybridized carbons (Fsp3) is 0.556. The molecule has 1 aliphatic rings. The number of amides is 1. The lowest BCUT2D eigenvalue weighted by molar-refractivity contribution is -0.151. The van der Waals surface area contributed by atoms with Gasteiger partial charge in [-0.1, -0.05) is 31.4 Å². The molecule has 0 radical (unpaired) electrons. The summed E-state index contributed by atoms with van der Waals surface area (Å²) in [5.74, 6) is -1.93. The maximum absolute atomic E-state index is 12.6. The second-order valence-electron chi connectivity index (χ2n) is 7.15. The molecule has 1 aromatic carbocycles. The van der Waals surface area contributed by atoms with Crippen LogP contribution in [0, 0.1) is 5.41 Å². The van der Waals surface area contributed by atoms with Crippen LogP contribution in [-0.4, -0.2) is 30.7 Å². The van der Waals surface area contributed by atoms with E-state index in [0.29, 0.717) is 24.1 Å². The van der Waals surface area contributed by atoms with Crippen LogP contribution in [0.5, 0.6) is 0 Å². The number of hydrogen-bond donors (Lipinski definition) is 2. The highest BCUT2D eigenvalue weighted by molar-refractivity contribution is 7.91. The van der Waals surface area contributed by atoms with Crippen molar-refractivity contribution in [3.05, 3.63) is 29.8 Å². The molecule has 0 aliphatic heterocycles. The van der Waals surface area contributed by atoms with Gasteiger partial charge < -0.3 is 10.4 Å². The highest BCUT2D eigenvalue weighted by Crippen LogP contribution is 2.27. The largest absolute Gasteiger partial charge is 0.480 e. The number of carbonyl (C=O) groups is 2. The summed E-state index contributed by atoms with van der Waals surface area (Å²) in [5, 5.41) is 11.4. The molecule has 1 saturated carbocycles. The van der Waals surface area contributed by atoms with E-state index in [1.807, 2.05) is 0 Å². The van der Waals surface area contributed by atoms with Crippen LogP contribution in [0.3, 0.4) is 0 Å². The van der Waals surface area contributed by atoms with E-state index < -0.39 is 27.1 Å². The van der Waals surface area contributed by atoms with E-state index in [9.17, 15) is 18.0 Å². The third kappa shape index (κ3) is 4.81. The van der Waals surface area contributed by atoms with Crippen LogP contribution in [-0.2, 0) is 25.2 Å². The molecule has 138 valence electrons. The van der Waals surface area contributed by atoms with E-state index in [4.69, 9.17) is 5.11 Å². The molecule has 1 fully saturated rings. The summed E-state index contributed by atoms with van der Waals surface area (Å²) >= 11 is 0. The highest BCUT2D eigenvalue weighted by atomic mass is 32.2. The van der Waals surface area contributed by atoms with E-state index in [2.05, 4.69) is 5.32 Å². The fourth-order valence-electron chi connectivity index (χ4n) is 2.90. The maximum Gasteiger partial charge on any atom is 0.318 e. The van der Waals surface area contributed by atoms with Crippen molar-refractivity contribution in [1.82, 2.24) is 0 Å². The Hall–Kier alpha value is -1.89. The first-order valence-corrected chi connectivity index (χ1v) is 10.2. The molecule has 0 bridgehead atoms. The zero-order valence-corrected chi connectivity index (χ0v) is 15.4. The van der Waals surface area contributed by atoms with Gasteiger partial charge in [-0.15, -0.1) is 0 Å². The minimum Gasteiger partial charge on any atom is -0.480 e. The van der Waals surface area contributed by atoms with Crippen molar-refractivity contribution >= 4 is 27.4 Å². The lowest BCUT2D eigenvalue weighted by atomic mass is 9.92. The standard InChI is InChI=1S/C18H25NO5S/c1-18(2,17(21)22)16(20)19-14-8-6-7-13(11-14)12-25(23,24)15-9-4-3-5-10-15/h6-8,11,15H,3-5,9-10,12H2,1-2H3,(H,19,20)(H,21,22). The minimum absolute atomic E-state index is 0.0658. The zero-order chi connectivity index (χ0) is 18.7. The molecule has 0 aromatic heterocycles. The molecule has 1 aliphatic carbocycles. The Morgan fingerprint density at radius 1 is 1.20 bits per heavy atom. The smallest absolute Gasteiger partial charge is 0.318 e. The van der Waals surface area contributed by atoms with Gasteiger partial charge in [0.25, 0.3) is 0 Å². The summed E-state index contributed by atoms with van der Waals surface area (Å²) in [7, 11) is -3.23. The predicted octanol–water partition coefficient (Wildman–Crippen LogP) is 2.98. The molecule has 0 saturated heterocycles. The summed E-state index contributed by atoms with van der Waals surface area (Å²) in [6.07, 6.45) is 4.42. The maximum atomic E-state index is 12.6. The quantitative estimate of drug-likeness (QED) is 0.753. The monoisotopic (exact) mass is 367 g/mol. The van der Waals surface area contributed by atoms with Crippen LogP contribution in [0.1, 0.15) is 51.5 Å². The number of anilines is 1. The predicted molar refractivity (Wildman–Crippen MR) is 96.0 cm³/mol. The Morgan fingerprint density at radius 2 is 1.84 bits per heavy atom. The van der Waals surface area contributed by atoms with Crippen LogP contribution in [0.15, 0.2) is 24.3 Å². The van der Waals surface area contributed by atoms with Crippen molar-refractivity contribution in [3.63, 3.8) is 0 Å². The molecule has 7 heteroatoms. The van der Waals surface area contributed by atoms with Gasteiger partial charge in [-0.05, 0) is 44.4 Å². The second kappa shape index (κ2) is 7.56. The van der Waals surface area contributed by atoms with Gasteiger partial charge in [-0.2, -0.15) is 0 Å². The summed E-state index contributed by atoms with van der Waals surface area (Å²) in [6.45, 7) is 2.64. The van der Waals surface area contributed by atoms with Gasteiger partial charge in [0.2, 0.25) is 5.91 Å². The third-order valence-corrected chi connectivity index (χ3v) is 6.94. The molecule has 1 aromatic rings. The molecular formula is C18H25NO5S. The summed E-state index contributed by atoms with van der Waals surface area (Å²) in [4.78, 5) is 23.3. The number of carbonyl (C=O) groups excluding carboxylic acids is 1. The van der Waals surface area contributed by atoms with E-state index in [1.54, 1.807) is 24.3 Å². The molecule has 2 N–H and O–H groups in total. The lowest BCUT2D eigenvalue weighted by Gasteiger charge is -2.22. The summed E-state index contributed by atoms with van der Waals surface area (Å²) in [6, 6.07) is 6.58. The molecule has 1 amide bonds. The molecular weight excluding hydrogens is 342 g/mol. The van der Waals surface area contributed by atoms with Crippen molar-refractivity contribution in [1.29, 1.82) is 0 Å². The van der Waals surface area contributed by atoms with E-state index >= 15 is 0 Å². The van der Waals surface area contributed by atoms with Gasteiger partial charge in [0.15, 0.2) is 9.84 Å². The van der Waals surface area contributed by atoms with Crippen molar-refractivity contribution < 1.29 is 23.1 Å². The molecule has 0 heterocycles. The van der Waals surface area contributed by atoms with Crippen LogP contribution in [0.4, 0.5) is 5.69 Å². The van der Waals surface area contributed by atoms with Gasteiger partial charge in [-0.3, -0.25) is 9.59 Å². The molecule has 0 unspecified atom stereocenters. The third-order valence-electron chi connectivity index (χ3n) is 4.72. The Bertz CT molecular complexity index is 748. The SMILES string of the molecule is CC(C)(C(=O)O)C(=O)Nc1cccc(CS(=O)(=O)C2CCCCC2)c1. The molecule has 0 atom stereocenters. The first-order chi connectivity index (χ1) is 11.6. The van der Waals surface area contributed by atoms with Crippen LogP contribution >= 0.6 is 0 Å². The second-order valence-corrected chi connectivity index (χ2v) is 9.43. The number of aliphatic carboxylic acids is 1. The number of benzene rings is 1. The number of nitrogens with one attached hydrogen (secondary N) is 1. The number of carboxylic acid groups (broad SMARTS) is 1. The summed E-state index contributed by atoms with van der Waals surface area (Å²) < 4.78 is 25.1. The average Bonchev–Trinajstić information content (AvgIpc) is 2.55. The topological polar surface area (TPSA) is 101 Å². The summed E-state index contributed by atoms with van der Waals surface area (Å²) in [5.41, 5.74) is -0.573. The average molecular weight is 367 g/mol. The first-order valence-electron chi connectivity index (χ1n) is 8.48. The number of hydrogen-bond acceptors (Lipinski definition) is 4. The molecule has 6 nitrogen and oxygen atoms in total. The van der Waals surface area contributed by atoms with Gasteiger partial charge >= 0.3 is 5.97 Å². The van der Waals surface area contributed by atoms with Gasteiger partial charge in [0.1, 0.15) is 5.41 Å². The fourth-order valence-corrected chi connectivity index (χ4v) is 4.83. The van der Waals surface area contributed by atoms with Gasteiger partial charge in [0.05, 0.1) is 11.0 Å². The van der Waals surface area contributed by atoms with E-state index in [-0.39, 0.29) is 11.0 Å². The van der Waals surface area contributed by atoms with E-state index in [0.717, 1.165) is 19.3 Å². The van der Waals surface area contributed by atoms with Crippen molar-refractivity contribution in [2.24, 2.45) is 5.41 Å². The number of rotatable bonds is 6. The van der Waals surface area contributed by atoms with E-state index in [1.165, 1.54) is 13.8 Å². The Kier molecular flexibility index (Phi) is 5.87. The van der Waals surface area contributed by atoms with Crippen LogP contribution < -0.4 is 5.32 Å². The molecule has 0 spiro atoms.